The van der Waals surface area contributed by atoms with E-state index in [0.29, 0.717) is 17.7 Å². The molecule has 1 saturated heterocycles. The first-order chi connectivity index (χ1) is 20.3. The molecule has 228 valence electrons. The predicted octanol–water partition coefficient (Wildman–Crippen LogP) is 0.542. The second-order valence-electron chi connectivity index (χ2n) is 8.92. The van der Waals surface area contributed by atoms with Crippen LogP contribution in [-0.2, 0) is 24.0 Å². The number of thioether (sulfide) groups is 1. The lowest BCUT2D eigenvalue weighted by atomic mass is 10.0. The molecule has 1 aromatic carbocycles. The van der Waals surface area contributed by atoms with Crippen molar-refractivity contribution in [3.63, 3.8) is 0 Å². The zero-order chi connectivity index (χ0) is 31.6. The van der Waals surface area contributed by atoms with Gasteiger partial charge in [0.15, 0.2) is 22.3 Å². The van der Waals surface area contributed by atoms with Gasteiger partial charge in [-0.15, -0.1) is 23.1 Å². The van der Waals surface area contributed by atoms with Crippen LogP contribution in [0.2, 0.25) is 5.02 Å². The second-order valence-corrected chi connectivity index (χ2v) is 11.3. The SMILES string of the molecule is CCC1=C(C(=O)O)N2C(=O)[C@@H](NC(=O)/C(=N\O[C@@H](CNC(=O)c3ccc(O)c(O)c3Cl)C(=O)O)c3csc(N)n3)[C@H]2SC1. The molecule has 1 fully saturated rings. The molecular weight excluding hydrogens is 632 g/mol. The maximum atomic E-state index is 13.3. The molecule has 43 heavy (non-hydrogen) atoms. The topological polar surface area (TPSA) is 254 Å². The fourth-order valence-corrected chi connectivity index (χ4v) is 6.30. The van der Waals surface area contributed by atoms with E-state index in [1.807, 2.05) is 0 Å². The number of carboxylic acids is 2. The van der Waals surface area contributed by atoms with Crippen LogP contribution in [0.4, 0.5) is 5.13 Å². The molecule has 3 amide bonds. The number of carbonyl (C=O) groups is 5. The highest BCUT2D eigenvalue weighted by Gasteiger charge is 2.54. The van der Waals surface area contributed by atoms with E-state index in [-0.39, 0.29) is 22.1 Å². The van der Waals surface area contributed by atoms with Crippen molar-refractivity contribution in [3.8, 4) is 11.5 Å². The number of nitrogen functional groups attached to an aromatic ring is 1. The van der Waals surface area contributed by atoms with Gasteiger partial charge in [-0.25, -0.2) is 14.6 Å². The van der Waals surface area contributed by atoms with Crippen LogP contribution in [-0.4, -0.2) is 95.5 Å². The van der Waals surface area contributed by atoms with Gasteiger partial charge < -0.3 is 41.6 Å². The molecule has 0 saturated carbocycles. The number of aromatic hydroxyl groups is 2. The van der Waals surface area contributed by atoms with Crippen molar-refractivity contribution in [1.29, 1.82) is 0 Å². The van der Waals surface area contributed by atoms with Crippen molar-refractivity contribution in [2.75, 3.05) is 18.0 Å². The van der Waals surface area contributed by atoms with Crippen LogP contribution >= 0.6 is 34.7 Å². The zero-order valence-electron chi connectivity index (χ0n) is 21.9. The minimum absolute atomic E-state index is 0.0450. The Morgan fingerprint density at radius 3 is 2.60 bits per heavy atom. The number of thiazole rings is 1. The number of aliphatic carboxylic acids is 2. The quantitative estimate of drug-likeness (QED) is 0.0757. The number of carboxylic acid groups (broad SMARTS) is 2. The van der Waals surface area contributed by atoms with Crippen LogP contribution in [0.1, 0.15) is 29.4 Å². The lowest BCUT2D eigenvalue weighted by Crippen LogP contribution is -2.71. The maximum absolute atomic E-state index is 13.3. The highest BCUT2D eigenvalue weighted by atomic mass is 35.5. The number of anilines is 1. The Hall–Kier alpha value is -4.55. The Kier molecular flexibility index (Phi) is 9.31. The molecule has 16 nitrogen and oxygen atoms in total. The van der Waals surface area contributed by atoms with Gasteiger partial charge in [0.2, 0.25) is 6.10 Å². The number of nitrogens with one attached hydrogen (secondary N) is 2. The molecule has 2 aliphatic heterocycles. The number of fused-ring (bicyclic) bond motifs is 1. The molecule has 0 spiro atoms. The summed E-state index contributed by atoms with van der Waals surface area (Å²) in [6, 6.07) is 0.991. The molecule has 2 aromatic rings. The maximum Gasteiger partial charge on any atom is 0.352 e. The van der Waals surface area contributed by atoms with Crippen molar-refractivity contribution >= 4 is 75.2 Å². The van der Waals surface area contributed by atoms with Crippen molar-refractivity contribution in [2.24, 2.45) is 5.16 Å². The highest BCUT2D eigenvalue weighted by molar-refractivity contribution is 8.00. The van der Waals surface area contributed by atoms with E-state index in [2.05, 4.69) is 20.8 Å². The number of carbonyl (C=O) groups excluding carboxylic acids is 3. The Balaban J connectivity index is 1.50. The lowest BCUT2D eigenvalue weighted by molar-refractivity contribution is -0.150. The van der Waals surface area contributed by atoms with Gasteiger partial charge in [-0.2, -0.15) is 0 Å². The minimum atomic E-state index is -1.84. The van der Waals surface area contributed by atoms with Gasteiger partial charge in [0, 0.05) is 11.1 Å². The number of β-lactam (4-membered cyclic amide) rings is 1. The van der Waals surface area contributed by atoms with E-state index in [0.717, 1.165) is 28.4 Å². The Labute approximate surface area is 255 Å². The number of nitrogens with two attached hydrogens (primary N) is 1. The molecule has 2 aliphatic rings. The average molecular weight is 655 g/mol. The fraction of sp³-hybridized carbons (Fsp3) is 0.292. The first-order valence-electron chi connectivity index (χ1n) is 12.2. The normalized spacial score (nSPS) is 18.8. The van der Waals surface area contributed by atoms with Crippen LogP contribution in [0.25, 0.3) is 0 Å². The Morgan fingerprint density at radius 1 is 1.28 bits per heavy atom. The average Bonchev–Trinajstić information content (AvgIpc) is 3.40. The van der Waals surface area contributed by atoms with Crippen molar-refractivity contribution < 1.29 is 49.2 Å². The van der Waals surface area contributed by atoms with Crippen LogP contribution in [0.3, 0.4) is 0 Å². The highest BCUT2D eigenvalue weighted by Crippen LogP contribution is 2.41. The molecule has 0 unspecified atom stereocenters. The number of hydrogen-bond donors (Lipinski definition) is 7. The van der Waals surface area contributed by atoms with Gasteiger partial charge >= 0.3 is 11.9 Å². The number of amides is 3. The molecule has 0 aliphatic carbocycles. The zero-order valence-corrected chi connectivity index (χ0v) is 24.3. The molecule has 1 aromatic heterocycles. The number of phenols is 2. The molecule has 3 heterocycles. The molecular formula is C24H23ClN6O10S2. The number of hydrogen-bond acceptors (Lipinski definition) is 13. The van der Waals surface area contributed by atoms with Gasteiger partial charge in [-0.3, -0.25) is 19.3 Å². The molecule has 19 heteroatoms. The summed E-state index contributed by atoms with van der Waals surface area (Å²) in [7, 11) is 0. The van der Waals surface area contributed by atoms with E-state index < -0.39 is 76.0 Å². The third-order valence-corrected chi connectivity index (χ3v) is 8.67. The first kappa shape index (κ1) is 31.4. The monoisotopic (exact) mass is 654 g/mol. The largest absolute Gasteiger partial charge is 0.504 e. The molecule has 0 radical (unpaired) electrons. The summed E-state index contributed by atoms with van der Waals surface area (Å²) < 4.78 is 0. The number of phenolic OH excluding ortho intramolecular Hbond substituents is 2. The predicted molar refractivity (Wildman–Crippen MR) is 153 cm³/mol. The summed E-state index contributed by atoms with van der Waals surface area (Å²) in [4.78, 5) is 72.4. The third-order valence-electron chi connectivity index (χ3n) is 6.28. The van der Waals surface area contributed by atoms with E-state index in [4.69, 9.17) is 22.2 Å². The van der Waals surface area contributed by atoms with Gasteiger partial charge in [0.05, 0.1) is 17.1 Å². The number of benzene rings is 1. The second kappa shape index (κ2) is 12.8. The number of rotatable bonds is 11. The number of oxime groups is 1. The number of nitrogens with zero attached hydrogens (tertiary/aromatic N) is 3. The molecule has 3 atom stereocenters. The summed E-state index contributed by atoms with van der Waals surface area (Å²) in [5.41, 5.74) is 5.23. The molecule has 8 N–H and O–H groups in total. The van der Waals surface area contributed by atoms with Gasteiger partial charge in [0.25, 0.3) is 17.7 Å². The van der Waals surface area contributed by atoms with E-state index in [9.17, 15) is 44.4 Å². The van der Waals surface area contributed by atoms with Crippen LogP contribution in [0.5, 0.6) is 11.5 Å². The molecule has 4 rings (SSSR count). The fourth-order valence-electron chi connectivity index (χ4n) is 4.06. The summed E-state index contributed by atoms with van der Waals surface area (Å²) in [6.45, 7) is 1.09. The Bertz CT molecular complexity index is 1580. The van der Waals surface area contributed by atoms with Crippen molar-refractivity contribution in [3.05, 3.63) is 45.1 Å². The number of aromatic nitrogens is 1. The van der Waals surface area contributed by atoms with Gasteiger partial charge in [0.1, 0.15) is 22.8 Å². The van der Waals surface area contributed by atoms with Crippen LogP contribution in [0, 0.1) is 0 Å². The number of halogens is 1. The van der Waals surface area contributed by atoms with E-state index >= 15 is 0 Å². The summed E-state index contributed by atoms with van der Waals surface area (Å²) in [5, 5.41) is 47.0. The summed E-state index contributed by atoms with van der Waals surface area (Å²) >= 11 is 8.08. The summed E-state index contributed by atoms with van der Waals surface area (Å²) in [5.74, 6) is -6.37. The van der Waals surface area contributed by atoms with E-state index in [1.165, 1.54) is 17.1 Å². The summed E-state index contributed by atoms with van der Waals surface area (Å²) in [6.07, 6.45) is -1.41. The Morgan fingerprint density at radius 2 is 2.00 bits per heavy atom. The van der Waals surface area contributed by atoms with E-state index in [1.54, 1.807) is 6.92 Å². The van der Waals surface area contributed by atoms with Gasteiger partial charge in [-0.1, -0.05) is 23.7 Å². The van der Waals surface area contributed by atoms with Crippen molar-refractivity contribution in [2.45, 2.75) is 30.9 Å². The van der Waals surface area contributed by atoms with Gasteiger partial charge in [-0.05, 0) is 24.1 Å². The van der Waals surface area contributed by atoms with Crippen molar-refractivity contribution in [1.82, 2.24) is 20.5 Å². The standard InChI is InChI=1S/C24H23ClN6O10S2/c1-2-8-6-42-21-15(20(36)31(21)16(8)23(39)40)29-19(35)14(10-7-43-24(26)28-10)30-41-12(22(37)38)5-27-18(34)9-3-4-11(32)17(33)13(9)25/h3-4,7,12,15,21,32-33H,2,5-6H2,1H3,(H2,26,28)(H,27,34)(H,29,35)(H,37,38)(H,39,40)/b30-14-/t12-,15+,21+/m0/s1. The third kappa shape index (κ3) is 6.30. The van der Waals surface area contributed by atoms with Crippen LogP contribution < -0.4 is 16.4 Å². The first-order valence-corrected chi connectivity index (χ1v) is 14.5. The molecule has 0 bridgehead atoms. The lowest BCUT2D eigenvalue weighted by Gasteiger charge is -2.49. The smallest absolute Gasteiger partial charge is 0.352 e. The minimum Gasteiger partial charge on any atom is -0.504 e. The van der Waals surface area contributed by atoms with Crippen LogP contribution in [0.15, 0.2) is 33.9 Å².